The number of carboxylic acids is 1. The van der Waals surface area contributed by atoms with Crippen molar-refractivity contribution in [2.75, 3.05) is 13.1 Å². The molecule has 1 N–H and O–H groups in total. The summed E-state index contributed by atoms with van der Waals surface area (Å²) in [6, 6.07) is 4.77. The molecule has 1 rings (SSSR count). The van der Waals surface area contributed by atoms with Gasteiger partial charge in [0.05, 0.1) is 5.56 Å². The van der Waals surface area contributed by atoms with Gasteiger partial charge in [0.1, 0.15) is 6.54 Å². The molecule has 0 aliphatic heterocycles. The van der Waals surface area contributed by atoms with Crippen LogP contribution in [0.1, 0.15) is 10.4 Å². The average Bonchev–Trinajstić information content (AvgIpc) is 2.30. The Morgan fingerprint density at radius 1 is 1.50 bits per heavy atom. The minimum atomic E-state index is -1.08. The van der Waals surface area contributed by atoms with Crippen LogP contribution in [-0.4, -0.2) is 35.0 Å². The van der Waals surface area contributed by atoms with Crippen molar-refractivity contribution in [3.8, 4) is 0 Å². The molecule has 96 valence electrons. The first-order valence-corrected chi connectivity index (χ1v) is 6.19. The average molecular weight is 333 g/mol. The predicted octanol–water partition coefficient (Wildman–Crippen LogP) is 2.82. The van der Waals surface area contributed by atoms with Crippen LogP contribution in [0.3, 0.4) is 0 Å². The van der Waals surface area contributed by atoms with Gasteiger partial charge in [-0.2, -0.15) is 0 Å². The molecule has 0 spiro atoms. The number of rotatable bonds is 5. The van der Waals surface area contributed by atoms with Gasteiger partial charge in [-0.15, -0.1) is 6.58 Å². The van der Waals surface area contributed by atoms with Crippen molar-refractivity contribution in [3.05, 3.63) is 45.9 Å². The Morgan fingerprint density at radius 3 is 2.72 bits per heavy atom. The summed E-state index contributed by atoms with van der Waals surface area (Å²) in [5, 5.41) is 9.18. The van der Waals surface area contributed by atoms with Crippen molar-refractivity contribution in [2.24, 2.45) is 0 Å². The van der Waals surface area contributed by atoms with Crippen molar-refractivity contribution < 1.29 is 14.7 Å². The number of hydrogen-bond donors (Lipinski definition) is 1. The standard InChI is InChI=1S/C12H11BrClNO3/c1-2-5-15(7-11(16)17)12(18)9-6-8(14)3-4-10(9)13/h2-4,6H,1,5,7H2,(H,16,17). The topological polar surface area (TPSA) is 57.6 Å². The van der Waals surface area contributed by atoms with Gasteiger partial charge in [-0.3, -0.25) is 9.59 Å². The highest BCUT2D eigenvalue weighted by Crippen LogP contribution is 2.22. The number of carbonyl (C=O) groups excluding carboxylic acids is 1. The second-order valence-corrected chi connectivity index (χ2v) is 4.78. The van der Waals surface area contributed by atoms with Crippen LogP contribution >= 0.6 is 27.5 Å². The highest BCUT2D eigenvalue weighted by atomic mass is 79.9. The van der Waals surface area contributed by atoms with Gasteiger partial charge in [0.2, 0.25) is 0 Å². The van der Waals surface area contributed by atoms with Crippen LogP contribution in [0.5, 0.6) is 0 Å². The molecule has 18 heavy (non-hydrogen) atoms. The number of carbonyl (C=O) groups is 2. The molecule has 0 unspecified atom stereocenters. The third-order valence-electron chi connectivity index (χ3n) is 2.12. The Hall–Kier alpha value is -1.33. The van der Waals surface area contributed by atoms with E-state index in [-0.39, 0.29) is 13.1 Å². The molecule has 1 aromatic carbocycles. The molecule has 0 saturated carbocycles. The normalized spacial score (nSPS) is 9.89. The summed E-state index contributed by atoms with van der Waals surface area (Å²) in [6.07, 6.45) is 1.47. The number of aliphatic carboxylic acids is 1. The molecule has 0 bridgehead atoms. The van der Waals surface area contributed by atoms with E-state index in [0.717, 1.165) is 0 Å². The van der Waals surface area contributed by atoms with Gasteiger partial charge in [-0.05, 0) is 34.1 Å². The quantitative estimate of drug-likeness (QED) is 0.844. The van der Waals surface area contributed by atoms with Crippen LogP contribution in [0, 0.1) is 0 Å². The molecular weight excluding hydrogens is 321 g/mol. The van der Waals surface area contributed by atoms with Gasteiger partial charge in [-0.25, -0.2) is 0 Å². The van der Waals surface area contributed by atoms with E-state index < -0.39 is 11.9 Å². The molecule has 6 heteroatoms. The summed E-state index contributed by atoms with van der Waals surface area (Å²) in [6.45, 7) is 3.27. The first kappa shape index (κ1) is 14.7. The van der Waals surface area contributed by atoms with E-state index in [1.807, 2.05) is 0 Å². The monoisotopic (exact) mass is 331 g/mol. The fourth-order valence-corrected chi connectivity index (χ4v) is 1.96. The van der Waals surface area contributed by atoms with Crippen LogP contribution in [0.15, 0.2) is 35.3 Å². The molecule has 0 aromatic heterocycles. The molecule has 0 atom stereocenters. The number of benzene rings is 1. The van der Waals surface area contributed by atoms with E-state index in [4.69, 9.17) is 16.7 Å². The molecule has 0 saturated heterocycles. The summed E-state index contributed by atoms with van der Waals surface area (Å²) in [5.74, 6) is -1.49. The lowest BCUT2D eigenvalue weighted by Crippen LogP contribution is -2.35. The zero-order chi connectivity index (χ0) is 13.7. The van der Waals surface area contributed by atoms with Crippen molar-refractivity contribution in [2.45, 2.75) is 0 Å². The Bertz CT molecular complexity index is 490. The summed E-state index contributed by atoms with van der Waals surface area (Å²) < 4.78 is 0.566. The van der Waals surface area contributed by atoms with E-state index in [2.05, 4.69) is 22.5 Å². The number of halogens is 2. The Balaban J connectivity index is 3.04. The minimum absolute atomic E-state index is 0.157. The first-order chi connectivity index (χ1) is 8.45. The first-order valence-electron chi connectivity index (χ1n) is 5.02. The molecule has 0 aliphatic carbocycles. The van der Waals surface area contributed by atoms with E-state index in [1.165, 1.54) is 17.0 Å². The van der Waals surface area contributed by atoms with E-state index in [0.29, 0.717) is 15.1 Å². The number of nitrogens with zero attached hydrogens (tertiary/aromatic N) is 1. The lowest BCUT2D eigenvalue weighted by molar-refractivity contribution is -0.137. The molecule has 0 fully saturated rings. The van der Waals surface area contributed by atoms with Gasteiger partial charge in [0.25, 0.3) is 5.91 Å². The van der Waals surface area contributed by atoms with Crippen LogP contribution in [-0.2, 0) is 4.79 Å². The molecule has 0 aliphatic rings. The number of hydrogen-bond acceptors (Lipinski definition) is 2. The zero-order valence-corrected chi connectivity index (χ0v) is 11.7. The van der Waals surface area contributed by atoms with Gasteiger partial charge >= 0.3 is 5.97 Å². The summed E-state index contributed by atoms with van der Waals surface area (Å²) in [5.41, 5.74) is 0.325. The predicted molar refractivity (Wildman–Crippen MR) is 72.9 cm³/mol. The van der Waals surface area contributed by atoms with Crippen molar-refractivity contribution in [3.63, 3.8) is 0 Å². The Morgan fingerprint density at radius 2 is 2.17 bits per heavy atom. The molecule has 4 nitrogen and oxygen atoms in total. The molecule has 0 radical (unpaired) electrons. The van der Waals surface area contributed by atoms with Crippen LogP contribution < -0.4 is 0 Å². The third-order valence-corrected chi connectivity index (χ3v) is 3.05. The molecule has 1 amide bonds. The van der Waals surface area contributed by atoms with Crippen LogP contribution in [0.2, 0.25) is 5.02 Å². The maximum absolute atomic E-state index is 12.2. The smallest absolute Gasteiger partial charge is 0.323 e. The van der Waals surface area contributed by atoms with Gasteiger partial charge < -0.3 is 10.0 Å². The van der Waals surface area contributed by atoms with Gasteiger partial charge in [0.15, 0.2) is 0 Å². The van der Waals surface area contributed by atoms with Crippen molar-refractivity contribution in [1.29, 1.82) is 0 Å². The third kappa shape index (κ3) is 3.85. The molecule has 1 aromatic rings. The largest absolute Gasteiger partial charge is 0.480 e. The molecular formula is C12H11BrClNO3. The SMILES string of the molecule is C=CCN(CC(=O)O)C(=O)c1cc(Cl)ccc1Br. The number of carboxylic acid groups (broad SMARTS) is 1. The van der Waals surface area contributed by atoms with Crippen molar-refractivity contribution in [1.82, 2.24) is 4.90 Å². The van der Waals surface area contributed by atoms with Gasteiger partial charge in [0, 0.05) is 16.0 Å². The zero-order valence-electron chi connectivity index (χ0n) is 9.40. The highest BCUT2D eigenvalue weighted by molar-refractivity contribution is 9.10. The lowest BCUT2D eigenvalue weighted by Gasteiger charge is -2.19. The second-order valence-electron chi connectivity index (χ2n) is 3.49. The fraction of sp³-hybridized carbons (Fsp3) is 0.167. The maximum atomic E-state index is 12.2. The minimum Gasteiger partial charge on any atom is -0.480 e. The lowest BCUT2D eigenvalue weighted by atomic mass is 10.2. The van der Waals surface area contributed by atoms with Crippen molar-refractivity contribution >= 4 is 39.4 Å². The van der Waals surface area contributed by atoms with E-state index >= 15 is 0 Å². The van der Waals surface area contributed by atoms with Gasteiger partial charge in [-0.1, -0.05) is 17.7 Å². The molecule has 0 heterocycles. The highest BCUT2D eigenvalue weighted by Gasteiger charge is 2.19. The Labute approximate surface area is 118 Å². The maximum Gasteiger partial charge on any atom is 0.323 e. The van der Waals surface area contributed by atoms with Crippen LogP contribution in [0.25, 0.3) is 0 Å². The summed E-state index contributed by atoms with van der Waals surface area (Å²) in [4.78, 5) is 24.0. The summed E-state index contributed by atoms with van der Waals surface area (Å²) in [7, 11) is 0. The fourth-order valence-electron chi connectivity index (χ4n) is 1.37. The number of amides is 1. The Kier molecular flexibility index (Phi) is 5.37. The van der Waals surface area contributed by atoms with E-state index in [9.17, 15) is 9.59 Å². The second kappa shape index (κ2) is 6.56. The van der Waals surface area contributed by atoms with Crippen LogP contribution in [0.4, 0.5) is 0 Å². The van der Waals surface area contributed by atoms with E-state index in [1.54, 1.807) is 12.1 Å². The summed E-state index contributed by atoms with van der Waals surface area (Å²) >= 11 is 9.06.